The molecule has 2 N–H and O–H groups in total. The Bertz CT molecular complexity index is 968. The van der Waals surface area contributed by atoms with Crippen molar-refractivity contribution in [2.45, 2.75) is 12.8 Å². The minimum absolute atomic E-state index is 0.820. The van der Waals surface area contributed by atoms with Crippen LogP contribution in [-0.2, 0) is 0 Å². The average molecular weight is 297 g/mol. The molecule has 23 heavy (non-hydrogen) atoms. The molecule has 0 unspecified atom stereocenters. The van der Waals surface area contributed by atoms with E-state index in [1.165, 1.54) is 32.7 Å². The van der Waals surface area contributed by atoms with Crippen LogP contribution in [0.15, 0.2) is 72.8 Å². The molecule has 0 fully saturated rings. The number of benzene rings is 3. The molecule has 0 spiro atoms. The van der Waals surface area contributed by atoms with E-state index in [9.17, 15) is 0 Å². The first-order valence-electron chi connectivity index (χ1n) is 8.06. The predicted molar refractivity (Wildman–Crippen MR) is 98.2 cm³/mol. The summed E-state index contributed by atoms with van der Waals surface area (Å²) >= 11 is 0. The Morgan fingerprint density at radius 2 is 1.43 bits per heavy atom. The van der Waals surface area contributed by atoms with Crippen LogP contribution >= 0.6 is 0 Å². The molecule has 112 valence electrons. The average Bonchev–Trinajstić information content (AvgIpc) is 2.61. The van der Waals surface area contributed by atoms with Crippen molar-refractivity contribution in [2.75, 3.05) is 5.73 Å². The van der Waals surface area contributed by atoms with Gasteiger partial charge in [0.25, 0.3) is 0 Å². The third-order valence-corrected chi connectivity index (χ3v) is 4.46. The van der Waals surface area contributed by atoms with Crippen LogP contribution in [0.25, 0.3) is 22.8 Å². The summed E-state index contributed by atoms with van der Waals surface area (Å²) in [6.45, 7) is 0. The van der Waals surface area contributed by atoms with E-state index in [1.54, 1.807) is 0 Å². The van der Waals surface area contributed by atoms with Crippen molar-refractivity contribution < 1.29 is 0 Å². The molecular weight excluding hydrogens is 278 g/mol. The van der Waals surface area contributed by atoms with E-state index in [0.29, 0.717) is 0 Å². The van der Waals surface area contributed by atoms with E-state index in [-0.39, 0.29) is 0 Å². The first-order chi connectivity index (χ1) is 11.3. The van der Waals surface area contributed by atoms with Gasteiger partial charge in [-0.3, -0.25) is 0 Å². The first-order valence-corrected chi connectivity index (χ1v) is 8.06. The highest BCUT2D eigenvalue weighted by molar-refractivity contribution is 5.77. The Kier molecular flexibility index (Phi) is 3.47. The molecule has 0 aromatic heterocycles. The van der Waals surface area contributed by atoms with Crippen LogP contribution in [0.4, 0.5) is 5.69 Å². The van der Waals surface area contributed by atoms with Gasteiger partial charge in [0.05, 0.1) is 0 Å². The lowest BCUT2D eigenvalue weighted by Gasteiger charge is -2.14. The maximum Gasteiger partial charge on any atom is 0.0326 e. The van der Waals surface area contributed by atoms with Gasteiger partial charge in [-0.1, -0.05) is 60.7 Å². The van der Waals surface area contributed by atoms with Crippen molar-refractivity contribution in [1.82, 2.24) is 0 Å². The minimum atomic E-state index is 0.820. The van der Waals surface area contributed by atoms with Crippen LogP contribution in [0.1, 0.15) is 18.4 Å². The lowest BCUT2D eigenvalue weighted by Crippen LogP contribution is -2.29. The third kappa shape index (κ3) is 2.66. The quantitative estimate of drug-likeness (QED) is 0.717. The van der Waals surface area contributed by atoms with Gasteiger partial charge in [0, 0.05) is 5.69 Å². The maximum atomic E-state index is 6.20. The molecule has 1 nitrogen and oxygen atoms in total. The minimum Gasteiger partial charge on any atom is -0.399 e. The molecule has 1 aliphatic carbocycles. The zero-order chi connectivity index (χ0) is 15.6. The van der Waals surface area contributed by atoms with E-state index in [4.69, 9.17) is 5.73 Å². The van der Waals surface area contributed by atoms with Crippen molar-refractivity contribution in [3.8, 4) is 11.1 Å². The number of hydrogen-bond donors (Lipinski definition) is 1. The first kappa shape index (κ1) is 13.8. The van der Waals surface area contributed by atoms with Crippen LogP contribution in [0.2, 0.25) is 0 Å². The van der Waals surface area contributed by atoms with E-state index in [2.05, 4.69) is 72.8 Å². The van der Waals surface area contributed by atoms with Crippen molar-refractivity contribution in [1.29, 1.82) is 0 Å². The molecule has 3 aromatic rings. The Morgan fingerprint density at radius 1 is 0.696 bits per heavy atom. The van der Waals surface area contributed by atoms with Gasteiger partial charge in [0.15, 0.2) is 0 Å². The van der Waals surface area contributed by atoms with E-state index >= 15 is 0 Å². The van der Waals surface area contributed by atoms with Gasteiger partial charge in [-0.25, -0.2) is 0 Å². The fourth-order valence-electron chi connectivity index (χ4n) is 3.38. The predicted octanol–water partition coefficient (Wildman–Crippen LogP) is 3.71. The van der Waals surface area contributed by atoms with Crippen LogP contribution in [0, 0.1) is 0 Å². The van der Waals surface area contributed by atoms with Crippen LogP contribution in [0.3, 0.4) is 0 Å². The van der Waals surface area contributed by atoms with E-state index in [0.717, 1.165) is 18.5 Å². The summed E-state index contributed by atoms with van der Waals surface area (Å²) < 4.78 is 0. The second kappa shape index (κ2) is 5.77. The lowest BCUT2D eigenvalue weighted by molar-refractivity contribution is 1.08. The zero-order valence-electron chi connectivity index (χ0n) is 13.0. The summed E-state index contributed by atoms with van der Waals surface area (Å²) in [6, 6.07) is 25.5. The van der Waals surface area contributed by atoms with Crippen molar-refractivity contribution in [3.05, 3.63) is 88.8 Å². The normalized spacial score (nSPS) is 13.3. The largest absolute Gasteiger partial charge is 0.399 e. The second-order valence-corrected chi connectivity index (χ2v) is 6.02. The molecular formula is C22H19N. The number of nitrogen functional groups attached to an aromatic ring is 1. The smallest absolute Gasteiger partial charge is 0.0326 e. The summed E-state index contributed by atoms with van der Waals surface area (Å²) in [4.78, 5) is 0. The number of anilines is 1. The summed E-state index contributed by atoms with van der Waals surface area (Å²) in [7, 11) is 0. The van der Waals surface area contributed by atoms with Gasteiger partial charge in [-0.2, -0.15) is 0 Å². The molecule has 0 atom stereocenters. The zero-order valence-corrected chi connectivity index (χ0v) is 13.0. The highest BCUT2D eigenvalue weighted by atomic mass is 14.5. The molecule has 3 aromatic carbocycles. The van der Waals surface area contributed by atoms with Crippen molar-refractivity contribution in [3.63, 3.8) is 0 Å². The maximum absolute atomic E-state index is 6.20. The van der Waals surface area contributed by atoms with Gasteiger partial charge < -0.3 is 5.73 Å². The van der Waals surface area contributed by atoms with E-state index in [1.807, 2.05) is 6.07 Å². The number of rotatable bonds is 2. The lowest BCUT2D eigenvalue weighted by atomic mass is 9.91. The highest BCUT2D eigenvalue weighted by Gasteiger charge is 2.09. The highest BCUT2D eigenvalue weighted by Crippen LogP contribution is 2.28. The number of fused-ring (bicyclic) bond motifs is 1. The Balaban J connectivity index is 1.95. The molecule has 1 heteroatoms. The van der Waals surface area contributed by atoms with Crippen LogP contribution in [-0.4, -0.2) is 0 Å². The molecule has 0 heterocycles. The van der Waals surface area contributed by atoms with E-state index < -0.39 is 0 Å². The van der Waals surface area contributed by atoms with Gasteiger partial charge in [-0.05, 0) is 63.7 Å². The second-order valence-electron chi connectivity index (χ2n) is 6.02. The Morgan fingerprint density at radius 3 is 2.30 bits per heavy atom. The van der Waals surface area contributed by atoms with Crippen molar-refractivity contribution in [2.24, 2.45) is 0 Å². The van der Waals surface area contributed by atoms with Gasteiger partial charge >= 0.3 is 0 Å². The molecule has 4 rings (SSSR count). The topological polar surface area (TPSA) is 26.0 Å². The summed E-state index contributed by atoms with van der Waals surface area (Å²) in [5.74, 6) is 0. The standard InChI is InChI=1S/C22H19N/c23-20-14-18(16-7-2-1-3-8-16)13-19(15-20)22-12-6-10-17-9-4-5-11-21(17)22/h1-5,7-11,13-15H,6,12,23H2. The van der Waals surface area contributed by atoms with Crippen LogP contribution < -0.4 is 16.2 Å². The fourth-order valence-corrected chi connectivity index (χ4v) is 3.38. The molecule has 0 saturated heterocycles. The summed E-state index contributed by atoms with van der Waals surface area (Å²) in [6.07, 6.45) is 4.47. The molecule has 0 saturated carbocycles. The number of hydrogen-bond acceptors (Lipinski definition) is 1. The fraction of sp³-hybridized carbons (Fsp3) is 0.0909. The van der Waals surface area contributed by atoms with Crippen LogP contribution in [0.5, 0.6) is 0 Å². The molecule has 0 amide bonds. The van der Waals surface area contributed by atoms with Gasteiger partial charge in [-0.15, -0.1) is 0 Å². The SMILES string of the molecule is Nc1cc(C2=c3ccccc3=CCC2)cc(-c2ccccc2)c1. The number of nitrogens with two attached hydrogens (primary N) is 1. The van der Waals surface area contributed by atoms with Crippen molar-refractivity contribution >= 4 is 17.3 Å². The Hall–Kier alpha value is -2.80. The molecule has 0 radical (unpaired) electrons. The molecule has 1 aliphatic rings. The summed E-state index contributed by atoms with van der Waals surface area (Å²) in [5, 5.41) is 2.67. The Labute approximate surface area is 136 Å². The van der Waals surface area contributed by atoms with Gasteiger partial charge in [0.2, 0.25) is 0 Å². The molecule has 0 bridgehead atoms. The third-order valence-electron chi connectivity index (χ3n) is 4.46. The molecule has 0 aliphatic heterocycles. The van der Waals surface area contributed by atoms with Gasteiger partial charge in [0.1, 0.15) is 0 Å². The summed E-state index contributed by atoms with van der Waals surface area (Å²) in [5.41, 5.74) is 12.0. The monoisotopic (exact) mass is 297 g/mol.